The van der Waals surface area contributed by atoms with Gasteiger partial charge >= 0.3 is 0 Å². The zero-order valence-corrected chi connectivity index (χ0v) is 7.79. The molecule has 1 aliphatic carbocycles. The van der Waals surface area contributed by atoms with Crippen LogP contribution in [0.25, 0.3) is 0 Å². The van der Waals surface area contributed by atoms with E-state index in [4.69, 9.17) is 46.3 Å². The number of halogens is 3. The van der Waals surface area contributed by atoms with Crippen LogP contribution in [0.2, 0.25) is 0 Å². The van der Waals surface area contributed by atoms with Crippen LogP contribution in [0.3, 0.4) is 0 Å². The highest BCUT2D eigenvalue weighted by molar-refractivity contribution is 6.44. The summed E-state index contributed by atoms with van der Waals surface area (Å²) in [5.74, 6) is 0. The van der Waals surface area contributed by atoms with Crippen LogP contribution in [-0.4, -0.2) is 11.0 Å². The molecule has 1 rings (SSSR count). The van der Waals surface area contributed by atoms with Gasteiger partial charge < -0.3 is 11.5 Å². The molecule has 0 aliphatic heterocycles. The average molecular weight is 213 g/mol. The zero-order chi connectivity index (χ0) is 8.65. The number of hydrogen-bond acceptors (Lipinski definition) is 2. The first-order valence-electron chi connectivity index (χ1n) is 2.93. The van der Waals surface area contributed by atoms with E-state index in [0.29, 0.717) is 10.1 Å². The molecule has 0 spiro atoms. The van der Waals surface area contributed by atoms with Gasteiger partial charge in [0.15, 0.2) is 0 Å². The van der Waals surface area contributed by atoms with Crippen LogP contribution in [0, 0.1) is 0 Å². The summed E-state index contributed by atoms with van der Waals surface area (Å²) in [6.45, 7) is 0. The van der Waals surface area contributed by atoms with Crippen LogP contribution in [0.4, 0.5) is 0 Å². The van der Waals surface area contributed by atoms with Crippen LogP contribution >= 0.6 is 34.8 Å². The second-order valence-electron chi connectivity index (χ2n) is 2.36. The molecule has 11 heavy (non-hydrogen) atoms. The van der Waals surface area contributed by atoms with E-state index in [1.165, 1.54) is 12.2 Å². The Morgan fingerprint density at radius 3 is 2.36 bits per heavy atom. The molecule has 2 unspecified atom stereocenters. The minimum atomic E-state index is -1.12. The van der Waals surface area contributed by atoms with Gasteiger partial charge in [0.2, 0.25) is 0 Å². The molecule has 5 heteroatoms. The Bertz CT molecular complexity index is 232. The molecular formula is C6H7Cl3N2. The second-order valence-corrected chi connectivity index (χ2v) is 3.83. The third-order valence-electron chi connectivity index (χ3n) is 1.41. The lowest BCUT2D eigenvalue weighted by molar-refractivity contribution is 0.632. The Kier molecular flexibility index (Phi) is 2.52. The molecule has 0 fully saturated rings. The van der Waals surface area contributed by atoms with Crippen molar-refractivity contribution in [2.75, 3.05) is 0 Å². The lowest BCUT2D eigenvalue weighted by Crippen LogP contribution is -2.49. The van der Waals surface area contributed by atoms with Crippen molar-refractivity contribution in [3.8, 4) is 0 Å². The van der Waals surface area contributed by atoms with Gasteiger partial charge in [0.1, 0.15) is 5.00 Å². The lowest BCUT2D eigenvalue weighted by atomic mass is 10.0. The van der Waals surface area contributed by atoms with Crippen molar-refractivity contribution >= 4 is 34.8 Å². The summed E-state index contributed by atoms with van der Waals surface area (Å²) in [6, 6.07) is -0.501. The number of alkyl halides is 1. The molecule has 0 bridgehead atoms. The molecule has 0 aromatic heterocycles. The zero-order valence-electron chi connectivity index (χ0n) is 5.52. The molecule has 2 nitrogen and oxygen atoms in total. The van der Waals surface area contributed by atoms with Gasteiger partial charge in [-0.1, -0.05) is 34.8 Å². The number of hydrogen-bond donors (Lipinski definition) is 2. The first kappa shape index (κ1) is 9.36. The molecule has 0 aromatic carbocycles. The summed E-state index contributed by atoms with van der Waals surface area (Å²) in [5.41, 5.74) is 11.1. The Balaban J connectivity index is 2.98. The molecule has 62 valence electrons. The van der Waals surface area contributed by atoms with Gasteiger partial charge in [0.25, 0.3) is 0 Å². The maximum Gasteiger partial charge on any atom is 0.130 e. The molecule has 0 amide bonds. The SMILES string of the molecule is NC1C=C(Cl)C(Cl)=CC1(N)Cl. The minimum absolute atomic E-state index is 0.339. The van der Waals surface area contributed by atoms with E-state index in [9.17, 15) is 0 Å². The third-order valence-corrected chi connectivity index (χ3v) is 2.51. The van der Waals surface area contributed by atoms with Gasteiger partial charge in [-0.15, -0.1) is 0 Å². The second kappa shape index (κ2) is 2.96. The van der Waals surface area contributed by atoms with Crippen molar-refractivity contribution < 1.29 is 0 Å². The van der Waals surface area contributed by atoms with Crippen molar-refractivity contribution in [2.24, 2.45) is 11.5 Å². The van der Waals surface area contributed by atoms with E-state index in [1.807, 2.05) is 0 Å². The van der Waals surface area contributed by atoms with Crippen LogP contribution < -0.4 is 11.5 Å². The molecular weight excluding hydrogens is 206 g/mol. The number of nitrogens with two attached hydrogens (primary N) is 2. The molecule has 1 aliphatic rings. The largest absolute Gasteiger partial charge is 0.322 e. The minimum Gasteiger partial charge on any atom is -0.322 e. The highest BCUT2D eigenvalue weighted by atomic mass is 35.5. The predicted octanol–water partition coefficient (Wildman–Crippen LogP) is 1.47. The highest BCUT2D eigenvalue weighted by Gasteiger charge is 2.30. The fourth-order valence-electron chi connectivity index (χ4n) is 0.724. The quantitative estimate of drug-likeness (QED) is 0.473. The van der Waals surface area contributed by atoms with E-state index in [2.05, 4.69) is 0 Å². The van der Waals surface area contributed by atoms with Crippen LogP contribution in [0.15, 0.2) is 22.2 Å². The Labute approximate surface area is 79.8 Å². The van der Waals surface area contributed by atoms with E-state index < -0.39 is 11.0 Å². The summed E-state index contributed by atoms with van der Waals surface area (Å²) in [4.78, 5) is -1.12. The Morgan fingerprint density at radius 1 is 1.36 bits per heavy atom. The van der Waals surface area contributed by atoms with Crippen LogP contribution in [0.5, 0.6) is 0 Å². The van der Waals surface area contributed by atoms with Gasteiger partial charge in [-0.2, -0.15) is 0 Å². The fourth-order valence-corrected chi connectivity index (χ4v) is 1.39. The topological polar surface area (TPSA) is 52.0 Å². The van der Waals surface area contributed by atoms with Crippen LogP contribution in [-0.2, 0) is 0 Å². The highest BCUT2D eigenvalue weighted by Crippen LogP contribution is 2.30. The van der Waals surface area contributed by atoms with Crippen molar-refractivity contribution in [3.63, 3.8) is 0 Å². The summed E-state index contributed by atoms with van der Waals surface area (Å²) in [6.07, 6.45) is 2.96. The van der Waals surface area contributed by atoms with Gasteiger partial charge in [-0.3, -0.25) is 0 Å². The molecule has 2 atom stereocenters. The van der Waals surface area contributed by atoms with Crippen molar-refractivity contribution in [1.29, 1.82) is 0 Å². The van der Waals surface area contributed by atoms with E-state index in [0.717, 1.165) is 0 Å². The molecule has 0 saturated carbocycles. The Morgan fingerprint density at radius 2 is 1.91 bits per heavy atom. The standard InChI is InChI=1S/C6H7Cl3N2/c7-3-1-5(10)6(9,11)2-4(3)8/h1-2,5H,10-11H2. The van der Waals surface area contributed by atoms with E-state index >= 15 is 0 Å². The van der Waals surface area contributed by atoms with Crippen molar-refractivity contribution in [3.05, 3.63) is 22.2 Å². The Hall–Kier alpha value is 0.270. The summed E-state index contributed by atoms with van der Waals surface area (Å²) in [5, 5.41) is 0.728. The molecule has 0 radical (unpaired) electrons. The first-order valence-corrected chi connectivity index (χ1v) is 4.06. The lowest BCUT2D eigenvalue weighted by Gasteiger charge is -2.27. The maximum atomic E-state index is 5.77. The van der Waals surface area contributed by atoms with Gasteiger partial charge in [0.05, 0.1) is 16.1 Å². The summed E-state index contributed by atoms with van der Waals surface area (Å²) >= 11 is 17.1. The number of rotatable bonds is 0. The van der Waals surface area contributed by atoms with E-state index in [-0.39, 0.29) is 0 Å². The molecule has 4 N–H and O–H groups in total. The fraction of sp³-hybridized carbons (Fsp3) is 0.333. The monoisotopic (exact) mass is 212 g/mol. The van der Waals surface area contributed by atoms with Gasteiger partial charge in [-0.25, -0.2) is 0 Å². The normalized spacial score (nSPS) is 38.1. The first-order chi connectivity index (χ1) is 4.93. The predicted molar refractivity (Wildman–Crippen MR) is 48.6 cm³/mol. The number of allylic oxidation sites excluding steroid dienone is 2. The summed E-state index contributed by atoms with van der Waals surface area (Å²) < 4.78 is 0. The molecule has 0 saturated heterocycles. The van der Waals surface area contributed by atoms with Crippen molar-refractivity contribution in [1.82, 2.24) is 0 Å². The summed E-state index contributed by atoms with van der Waals surface area (Å²) in [7, 11) is 0. The third kappa shape index (κ3) is 1.89. The van der Waals surface area contributed by atoms with Gasteiger partial charge in [-0.05, 0) is 12.2 Å². The smallest absolute Gasteiger partial charge is 0.130 e. The molecule has 0 aromatic rings. The maximum absolute atomic E-state index is 5.77. The molecule has 0 heterocycles. The van der Waals surface area contributed by atoms with Crippen LogP contribution in [0.1, 0.15) is 0 Å². The van der Waals surface area contributed by atoms with Gasteiger partial charge in [0, 0.05) is 0 Å². The average Bonchev–Trinajstić information content (AvgIpc) is 1.83. The van der Waals surface area contributed by atoms with Crippen molar-refractivity contribution in [2.45, 2.75) is 11.0 Å². The van der Waals surface area contributed by atoms with E-state index in [1.54, 1.807) is 0 Å².